The Kier molecular flexibility index (Phi) is 4.46. The van der Waals surface area contributed by atoms with Crippen LogP contribution in [0.2, 0.25) is 0 Å². The van der Waals surface area contributed by atoms with Gasteiger partial charge in [0.2, 0.25) is 0 Å². The van der Waals surface area contributed by atoms with E-state index in [1.54, 1.807) is 0 Å². The van der Waals surface area contributed by atoms with Crippen LogP contribution in [0.4, 0.5) is 0 Å². The number of likely N-dealkylation sites (tertiary alicyclic amines) is 1. The molecule has 1 unspecified atom stereocenters. The van der Waals surface area contributed by atoms with Crippen LogP contribution >= 0.6 is 0 Å². The maximum atomic E-state index is 8.62. The van der Waals surface area contributed by atoms with Crippen LogP contribution in [0.3, 0.4) is 0 Å². The van der Waals surface area contributed by atoms with Gasteiger partial charge in [-0.05, 0) is 39.2 Å². The summed E-state index contributed by atoms with van der Waals surface area (Å²) in [7, 11) is 0. The number of nitrogens with zero attached hydrogens (tertiary/aromatic N) is 1. The molecule has 1 fully saturated rings. The van der Waals surface area contributed by atoms with E-state index in [1.165, 1.54) is 19.5 Å². The molecule has 76 valence electrons. The summed E-state index contributed by atoms with van der Waals surface area (Å²) in [5, 5.41) is 8.62. The van der Waals surface area contributed by atoms with Gasteiger partial charge in [0.25, 0.3) is 0 Å². The van der Waals surface area contributed by atoms with E-state index in [0.717, 1.165) is 6.42 Å². The summed E-state index contributed by atoms with van der Waals surface area (Å²) in [4.78, 5) is 2.51. The number of hydrogen-bond donors (Lipinski definition) is 1. The number of rotatable bonds is 4. The lowest BCUT2D eigenvalue weighted by Gasteiger charge is -2.19. The van der Waals surface area contributed by atoms with E-state index < -0.39 is 0 Å². The molecule has 1 aliphatic rings. The molecule has 0 aromatic heterocycles. The Bertz CT molecular complexity index is 165. The summed E-state index contributed by atoms with van der Waals surface area (Å²) in [5.74, 6) is 0.717. The van der Waals surface area contributed by atoms with Crippen molar-refractivity contribution >= 4 is 0 Å². The van der Waals surface area contributed by atoms with Crippen LogP contribution in [-0.2, 0) is 0 Å². The van der Waals surface area contributed by atoms with Crippen molar-refractivity contribution in [1.29, 1.82) is 0 Å². The van der Waals surface area contributed by atoms with E-state index in [0.29, 0.717) is 12.0 Å². The second-order valence-corrected chi connectivity index (χ2v) is 4.08. The molecule has 13 heavy (non-hydrogen) atoms. The van der Waals surface area contributed by atoms with Crippen molar-refractivity contribution in [2.24, 2.45) is 5.92 Å². The number of hydrogen-bond acceptors (Lipinski definition) is 2. The van der Waals surface area contributed by atoms with Gasteiger partial charge in [0.05, 0.1) is 0 Å². The Morgan fingerprint density at radius 2 is 2.31 bits per heavy atom. The highest BCUT2D eigenvalue weighted by atomic mass is 16.2. The summed E-state index contributed by atoms with van der Waals surface area (Å²) in [6.45, 7) is 7.20. The quantitative estimate of drug-likeness (QED) is 0.670. The molecule has 0 aromatic rings. The van der Waals surface area contributed by atoms with E-state index in [1.807, 2.05) is 0 Å². The Labute approximate surface area is 81.2 Å². The molecule has 0 bridgehead atoms. The Morgan fingerprint density at radius 3 is 2.85 bits per heavy atom. The zero-order valence-corrected chi connectivity index (χ0v) is 8.74. The summed E-state index contributed by atoms with van der Waals surface area (Å²) in [5.41, 5.74) is 0. The molecule has 2 heteroatoms. The lowest BCUT2D eigenvalue weighted by atomic mass is 10.1. The SMILES string of the molecule is CC(C)N1CCC(/C=C\CCO)C1. The largest absolute Gasteiger partial charge is 0.396 e. The third kappa shape index (κ3) is 3.49. The molecule has 2 nitrogen and oxygen atoms in total. The van der Waals surface area contributed by atoms with E-state index in [4.69, 9.17) is 5.11 Å². The van der Waals surface area contributed by atoms with Crippen LogP contribution in [0.5, 0.6) is 0 Å². The molecule has 0 aliphatic carbocycles. The Balaban J connectivity index is 2.24. The van der Waals surface area contributed by atoms with Gasteiger partial charge in [0.1, 0.15) is 0 Å². The molecule has 0 aromatic carbocycles. The highest BCUT2D eigenvalue weighted by Crippen LogP contribution is 2.19. The van der Waals surface area contributed by atoms with Crippen molar-refractivity contribution in [3.8, 4) is 0 Å². The van der Waals surface area contributed by atoms with Gasteiger partial charge in [0.15, 0.2) is 0 Å². The van der Waals surface area contributed by atoms with Crippen LogP contribution in [0, 0.1) is 5.92 Å². The summed E-state index contributed by atoms with van der Waals surface area (Å²) >= 11 is 0. The molecule has 1 rings (SSSR count). The zero-order valence-electron chi connectivity index (χ0n) is 8.74. The van der Waals surface area contributed by atoms with Crippen molar-refractivity contribution in [3.63, 3.8) is 0 Å². The second kappa shape index (κ2) is 5.40. The molecule has 1 aliphatic heterocycles. The maximum Gasteiger partial charge on any atom is 0.0465 e. The van der Waals surface area contributed by atoms with Crippen LogP contribution in [-0.4, -0.2) is 35.7 Å². The van der Waals surface area contributed by atoms with Gasteiger partial charge < -0.3 is 10.0 Å². The monoisotopic (exact) mass is 183 g/mol. The molecular weight excluding hydrogens is 162 g/mol. The van der Waals surface area contributed by atoms with E-state index in [2.05, 4.69) is 30.9 Å². The minimum absolute atomic E-state index is 0.275. The first-order valence-corrected chi connectivity index (χ1v) is 5.25. The summed E-state index contributed by atoms with van der Waals surface area (Å²) in [6, 6.07) is 0.677. The molecular formula is C11H21NO. The molecule has 1 saturated heterocycles. The highest BCUT2D eigenvalue weighted by molar-refractivity contribution is 4.94. The van der Waals surface area contributed by atoms with E-state index in [-0.39, 0.29) is 6.61 Å². The fourth-order valence-electron chi connectivity index (χ4n) is 1.80. The fraction of sp³-hybridized carbons (Fsp3) is 0.818. The predicted octanol–water partition coefficient (Wildman–Crippen LogP) is 1.66. The van der Waals surface area contributed by atoms with Crippen molar-refractivity contribution in [1.82, 2.24) is 4.90 Å². The average Bonchev–Trinajstić information content (AvgIpc) is 2.53. The molecule has 1 atom stereocenters. The van der Waals surface area contributed by atoms with Crippen LogP contribution in [0.1, 0.15) is 26.7 Å². The maximum absolute atomic E-state index is 8.62. The van der Waals surface area contributed by atoms with E-state index in [9.17, 15) is 0 Å². The smallest absolute Gasteiger partial charge is 0.0465 e. The Morgan fingerprint density at radius 1 is 1.54 bits per heavy atom. The van der Waals surface area contributed by atoms with Gasteiger partial charge >= 0.3 is 0 Å². The summed E-state index contributed by atoms with van der Waals surface area (Å²) < 4.78 is 0. The second-order valence-electron chi connectivity index (χ2n) is 4.08. The lowest BCUT2D eigenvalue weighted by molar-refractivity contribution is 0.270. The first-order valence-electron chi connectivity index (χ1n) is 5.25. The Hall–Kier alpha value is -0.340. The van der Waals surface area contributed by atoms with E-state index >= 15 is 0 Å². The normalized spacial score (nSPS) is 25.1. The topological polar surface area (TPSA) is 23.5 Å². The minimum atomic E-state index is 0.275. The molecule has 1 N–H and O–H groups in total. The predicted molar refractivity (Wildman–Crippen MR) is 55.7 cm³/mol. The first kappa shape index (κ1) is 10.7. The van der Waals surface area contributed by atoms with Crippen LogP contribution < -0.4 is 0 Å². The molecule has 0 radical (unpaired) electrons. The molecule has 0 spiro atoms. The third-order valence-corrected chi connectivity index (χ3v) is 2.69. The fourth-order valence-corrected chi connectivity index (χ4v) is 1.80. The van der Waals surface area contributed by atoms with Crippen molar-refractivity contribution in [2.75, 3.05) is 19.7 Å². The van der Waals surface area contributed by atoms with Gasteiger partial charge in [-0.15, -0.1) is 0 Å². The standard InChI is InChI=1S/C11H21NO/c1-10(2)12-7-6-11(9-12)5-3-4-8-13/h3,5,10-11,13H,4,6-9H2,1-2H3/b5-3-. The van der Waals surface area contributed by atoms with Gasteiger partial charge in [-0.3, -0.25) is 0 Å². The molecule has 1 heterocycles. The van der Waals surface area contributed by atoms with Crippen LogP contribution in [0.25, 0.3) is 0 Å². The lowest BCUT2D eigenvalue weighted by Crippen LogP contribution is -2.27. The number of aliphatic hydroxyl groups is 1. The van der Waals surface area contributed by atoms with Crippen molar-refractivity contribution in [2.45, 2.75) is 32.7 Å². The van der Waals surface area contributed by atoms with Crippen molar-refractivity contribution in [3.05, 3.63) is 12.2 Å². The van der Waals surface area contributed by atoms with Crippen LogP contribution in [0.15, 0.2) is 12.2 Å². The van der Waals surface area contributed by atoms with Gasteiger partial charge in [0, 0.05) is 19.2 Å². The average molecular weight is 183 g/mol. The van der Waals surface area contributed by atoms with Gasteiger partial charge in [-0.25, -0.2) is 0 Å². The first-order chi connectivity index (χ1) is 6.24. The molecule has 0 saturated carbocycles. The third-order valence-electron chi connectivity index (χ3n) is 2.69. The molecule has 0 amide bonds. The minimum Gasteiger partial charge on any atom is -0.396 e. The van der Waals surface area contributed by atoms with Gasteiger partial charge in [-0.2, -0.15) is 0 Å². The van der Waals surface area contributed by atoms with Crippen molar-refractivity contribution < 1.29 is 5.11 Å². The highest BCUT2D eigenvalue weighted by Gasteiger charge is 2.21. The number of aliphatic hydroxyl groups excluding tert-OH is 1. The summed E-state index contributed by atoms with van der Waals surface area (Å²) in [6.07, 6.45) is 6.45. The zero-order chi connectivity index (χ0) is 9.68. The van der Waals surface area contributed by atoms with Gasteiger partial charge in [-0.1, -0.05) is 12.2 Å².